The molecule has 0 atom stereocenters. The third-order valence-corrected chi connectivity index (χ3v) is 3.31. The number of benzene rings is 1. The van der Waals surface area contributed by atoms with Crippen molar-refractivity contribution in [2.75, 3.05) is 26.4 Å². The summed E-state index contributed by atoms with van der Waals surface area (Å²) in [5.74, 6) is 1.52. The predicted molar refractivity (Wildman–Crippen MR) is 84.6 cm³/mol. The van der Waals surface area contributed by atoms with Crippen molar-refractivity contribution in [2.45, 2.75) is 33.7 Å². The average molecular weight is 300 g/mol. The Bertz CT molecular complexity index is 383. The predicted octanol–water partition coefficient (Wildman–Crippen LogP) is 3.89. The molecule has 1 rings (SSSR count). The van der Waals surface area contributed by atoms with Crippen molar-refractivity contribution in [2.24, 2.45) is 5.92 Å². The number of halogens is 1. The van der Waals surface area contributed by atoms with Gasteiger partial charge in [-0.15, -0.1) is 0 Å². The zero-order valence-electron chi connectivity index (χ0n) is 12.7. The quantitative estimate of drug-likeness (QED) is 0.665. The van der Waals surface area contributed by atoms with Crippen LogP contribution in [0.2, 0.25) is 5.02 Å². The van der Waals surface area contributed by atoms with Gasteiger partial charge < -0.3 is 14.8 Å². The fraction of sp³-hybridized carbons (Fsp3) is 0.625. The smallest absolute Gasteiger partial charge is 0.125 e. The number of nitrogens with one attached hydrogen (secondary N) is 1. The van der Waals surface area contributed by atoms with Gasteiger partial charge in [0.1, 0.15) is 12.4 Å². The Morgan fingerprint density at radius 3 is 2.70 bits per heavy atom. The summed E-state index contributed by atoms with van der Waals surface area (Å²) < 4.78 is 11.3. The fourth-order valence-electron chi connectivity index (χ4n) is 1.73. The normalized spacial score (nSPS) is 11.1. The largest absolute Gasteiger partial charge is 0.491 e. The molecule has 0 unspecified atom stereocenters. The molecule has 0 saturated heterocycles. The van der Waals surface area contributed by atoms with E-state index in [4.69, 9.17) is 21.1 Å². The second-order valence-corrected chi connectivity index (χ2v) is 5.55. The van der Waals surface area contributed by atoms with E-state index in [-0.39, 0.29) is 0 Å². The van der Waals surface area contributed by atoms with Gasteiger partial charge >= 0.3 is 0 Å². The lowest BCUT2D eigenvalue weighted by molar-refractivity contribution is 0.0922. The molecule has 0 aliphatic rings. The SMILES string of the molecule is CCNCc1c(Cl)cccc1OCCOCCC(C)C. The monoisotopic (exact) mass is 299 g/mol. The minimum Gasteiger partial charge on any atom is -0.491 e. The first kappa shape index (κ1) is 17.3. The molecule has 0 fully saturated rings. The molecule has 4 heteroatoms. The summed E-state index contributed by atoms with van der Waals surface area (Å²) in [4.78, 5) is 0. The minimum atomic E-state index is 0.553. The highest BCUT2D eigenvalue weighted by Crippen LogP contribution is 2.26. The van der Waals surface area contributed by atoms with E-state index >= 15 is 0 Å². The molecule has 1 N–H and O–H groups in total. The third-order valence-electron chi connectivity index (χ3n) is 2.95. The molecule has 114 valence electrons. The maximum atomic E-state index is 6.21. The first-order chi connectivity index (χ1) is 9.65. The van der Waals surface area contributed by atoms with Crippen molar-refractivity contribution in [1.29, 1.82) is 0 Å². The molecule has 1 aromatic carbocycles. The maximum absolute atomic E-state index is 6.21. The second-order valence-electron chi connectivity index (χ2n) is 5.14. The number of hydrogen-bond donors (Lipinski definition) is 1. The van der Waals surface area contributed by atoms with Crippen molar-refractivity contribution in [3.8, 4) is 5.75 Å². The molecule has 0 amide bonds. The van der Waals surface area contributed by atoms with E-state index in [1.807, 2.05) is 18.2 Å². The highest BCUT2D eigenvalue weighted by Gasteiger charge is 2.07. The van der Waals surface area contributed by atoms with Crippen LogP contribution in [0.25, 0.3) is 0 Å². The lowest BCUT2D eigenvalue weighted by atomic mass is 10.1. The maximum Gasteiger partial charge on any atom is 0.125 e. The van der Waals surface area contributed by atoms with Crippen molar-refractivity contribution >= 4 is 11.6 Å². The Balaban J connectivity index is 2.37. The minimum absolute atomic E-state index is 0.553. The van der Waals surface area contributed by atoms with Gasteiger partial charge in [0, 0.05) is 23.7 Å². The Morgan fingerprint density at radius 1 is 1.20 bits per heavy atom. The summed E-state index contributed by atoms with van der Waals surface area (Å²) in [5.41, 5.74) is 1.01. The van der Waals surface area contributed by atoms with Crippen LogP contribution in [-0.4, -0.2) is 26.4 Å². The first-order valence-electron chi connectivity index (χ1n) is 7.33. The molecular weight excluding hydrogens is 274 g/mol. The van der Waals surface area contributed by atoms with E-state index in [0.717, 1.165) is 42.5 Å². The average Bonchev–Trinajstić information content (AvgIpc) is 2.41. The van der Waals surface area contributed by atoms with Crippen molar-refractivity contribution in [3.05, 3.63) is 28.8 Å². The summed E-state index contributed by atoms with van der Waals surface area (Å²) in [6, 6.07) is 5.75. The van der Waals surface area contributed by atoms with Crippen LogP contribution in [-0.2, 0) is 11.3 Å². The summed E-state index contributed by atoms with van der Waals surface area (Å²) in [6.07, 6.45) is 1.09. The molecule has 0 saturated carbocycles. The van der Waals surface area contributed by atoms with Gasteiger partial charge in [0.2, 0.25) is 0 Å². The van der Waals surface area contributed by atoms with Crippen LogP contribution in [0.4, 0.5) is 0 Å². The van der Waals surface area contributed by atoms with Crippen molar-refractivity contribution < 1.29 is 9.47 Å². The van der Waals surface area contributed by atoms with Crippen LogP contribution >= 0.6 is 11.6 Å². The molecule has 0 aliphatic carbocycles. The molecule has 0 heterocycles. The van der Waals surface area contributed by atoms with Gasteiger partial charge in [0.15, 0.2) is 0 Å². The van der Waals surface area contributed by atoms with Crippen molar-refractivity contribution in [3.63, 3.8) is 0 Å². The molecule has 1 aromatic rings. The molecule has 3 nitrogen and oxygen atoms in total. The van der Waals surface area contributed by atoms with E-state index < -0.39 is 0 Å². The summed E-state index contributed by atoms with van der Waals surface area (Å²) in [6.45, 7) is 10.0. The number of hydrogen-bond acceptors (Lipinski definition) is 3. The number of rotatable bonds is 10. The van der Waals surface area contributed by atoms with Crippen LogP contribution in [0.3, 0.4) is 0 Å². The first-order valence-corrected chi connectivity index (χ1v) is 7.71. The van der Waals surface area contributed by atoms with Gasteiger partial charge in [-0.1, -0.05) is 38.4 Å². The van der Waals surface area contributed by atoms with Crippen LogP contribution in [0.1, 0.15) is 32.8 Å². The standard InChI is InChI=1S/C16H26ClNO2/c1-4-18-12-14-15(17)6-5-7-16(14)20-11-10-19-9-8-13(2)3/h5-7,13,18H,4,8-12H2,1-3H3. The summed E-state index contributed by atoms with van der Waals surface area (Å²) in [5, 5.41) is 4.01. The van der Waals surface area contributed by atoms with E-state index in [1.165, 1.54) is 0 Å². The van der Waals surface area contributed by atoms with Gasteiger partial charge in [0.25, 0.3) is 0 Å². The zero-order chi connectivity index (χ0) is 14.8. The second kappa shape index (κ2) is 10.0. The Labute approximate surface area is 127 Å². The molecule has 20 heavy (non-hydrogen) atoms. The van der Waals surface area contributed by atoms with Crippen LogP contribution in [0.5, 0.6) is 5.75 Å². The molecule has 0 aliphatic heterocycles. The topological polar surface area (TPSA) is 30.5 Å². The molecule has 0 aromatic heterocycles. The van der Waals surface area contributed by atoms with Crippen LogP contribution in [0.15, 0.2) is 18.2 Å². The lowest BCUT2D eigenvalue weighted by Gasteiger charge is -2.13. The Kier molecular flexibility index (Phi) is 8.67. The van der Waals surface area contributed by atoms with E-state index in [2.05, 4.69) is 26.1 Å². The summed E-state index contributed by atoms with van der Waals surface area (Å²) in [7, 11) is 0. The van der Waals surface area contributed by atoms with Gasteiger partial charge in [-0.2, -0.15) is 0 Å². The van der Waals surface area contributed by atoms with Gasteiger partial charge in [0.05, 0.1) is 6.61 Å². The molecule has 0 spiro atoms. The molecule has 0 bridgehead atoms. The highest BCUT2D eigenvalue weighted by molar-refractivity contribution is 6.31. The van der Waals surface area contributed by atoms with Gasteiger partial charge in [-0.3, -0.25) is 0 Å². The van der Waals surface area contributed by atoms with E-state index in [9.17, 15) is 0 Å². The van der Waals surface area contributed by atoms with Gasteiger partial charge in [-0.25, -0.2) is 0 Å². The molecule has 0 radical (unpaired) electrons. The Hall–Kier alpha value is -0.770. The van der Waals surface area contributed by atoms with Gasteiger partial charge in [-0.05, 0) is 31.0 Å². The molecular formula is C16H26ClNO2. The van der Waals surface area contributed by atoms with E-state index in [1.54, 1.807) is 0 Å². The van der Waals surface area contributed by atoms with Crippen LogP contribution < -0.4 is 10.1 Å². The third kappa shape index (κ3) is 6.60. The fourth-order valence-corrected chi connectivity index (χ4v) is 1.96. The van der Waals surface area contributed by atoms with Crippen molar-refractivity contribution in [1.82, 2.24) is 5.32 Å². The Morgan fingerprint density at radius 2 is 2.00 bits per heavy atom. The van der Waals surface area contributed by atoms with E-state index in [0.29, 0.717) is 19.1 Å². The summed E-state index contributed by atoms with van der Waals surface area (Å²) >= 11 is 6.21. The lowest BCUT2D eigenvalue weighted by Crippen LogP contribution is -2.14. The zero-order valence-corrected chi connectivity index (χ0v) is 13.5. The number of ether oxygens (including phenoxy) is 2. The highest BCUT2D eigenvalue weighted by atomic mass is 35.5. The van der Waals surface area contributed by atoms with Crippen LogP contribution in [0, 0.1) is 5.92 Å².